The van der Waals surface area contributed by atoms with E-state index in [1.807, 2.05) is 0 Å². The molecule has 0 spiro atoms. The summed E-state index contributed by atoms with van der Waals surface area (Å²) in [4.78, 5) is 10.2. The van der Waals surface area contributed by atoms with Crippen molar-refractivity contribution in [3.05, 3.63) is 67.4 Å². The lowest BCUT2D eigenvalue weighted by Gasteiger charge is -2.09. The van der Waals surface area contributed by atoms with Gasteiger partial charge >= 0.3 is 0 Å². The third-order valence-electron chi connectivity index (χ3n) is 2.66. The largest absolute Gasteiger partial charge is 0.373 e. The standard InChI is InChI=1S/C13H9BrClFN2O2/c14-10-6-9(15)5-4-8(10)7-17-13-11(16)2-1-3-12(13)18(19)20/h1-6,17H,7H2. The van der Waals surface area contributed by atoms with Crippen molar-refractivity contribution < 1.29 is 9.31 Å². The van der Waals surface area contributed by atoms with E-state index in [1.54, 1.807) is 18.2 Å². The van der Waals surface area contributed by atoms with Crippen molar-refractivity contribution in [1.82, 2.24) is 0 Å². The van der Waals surface area contributed by atoms with Crippen molar-refractivity contribution in [3.8, 4) is 0 Å². The minimum Gasteiger partial charge on any atom is -0.373 e. The number of hydrogen-bond donors (Lipinski definition) is 1. The quantitative estimate of drug-likeness (QED) is 0.632. The number of nitrogens with zero attached hydrogens (tertiary/aromatic N) is 1. The van der Waals surface area contributed by atoms with Gasteiger partial charge in [-0.05, 0) is 23.8 Å². The van der Waals surface area contributed by atoms with E-state index in [0.717, 1.165) is 10.0 Å². The van der Waals surface area contributed by atoms with Gasteiger partial charge in [0.25, 0.3) is 5.69 Å². The summed E-state index contributed by atoms with van der Waals surface area (Å²) in [5.74, 6) is -0.663. The summed E-state index contributed by atoms with van der Waals surface area (Å²) < 4.78 is 14.4. The average molecular weight is 360 g/mol. The number of rotatable bonds is 4. The molecule has 7 heteroatoms. The first-order chi connectivity index (χ1) is 9.49. The number of anilines is 1. The van der Waals surface area contributed by atoms with Crippen molar-refractivity contribution >= 4 is 38.9 Å². The Morgan fingerprint density at radius 1 is 1.35 bits per heavy atom. The highest BCUT2D eigenvalue weighted by Gasteiger charge is 2.17. The van der Waals surface area contributed by atoms with Crippen molar-refractivity contribution in [2.24, 2.45) is 0 Å². The van der Waals surface area contributed by atoms with Gasteiger partial charge in [0.05, 0.1) is 4.92 Å². The third kappa shape index (κ3) is 3.26. The van der Waals surface area contributed by atoms with Crippen LogP contribution in [0.1, 0.15) is 5.56 Å². The van der Waals surface area contributed by atoms with Crippen LogP contribution in [0.4, 0.5) is 15.8 Å². The Bertz CT molecular complexity index is 667. The van der Waals surface area contributed by atoms with Crippen molar-refractivity contribution in [2.75, 3.05) is 5.32 Å². The Hall–Kier alpha value is -1.66. The lowest BCUT2D eigenvalue weighted by atomic mass is 10.2. The van der Waals surface area contributed by atoms with Gasteiger partial charge in [-0.3, -0.25) is 10.1 Å². The first kappa shape index (κ1) is 14.7. The molecule has 104 valence electrons. The molecule has 0 aromatic heterocycles. The molecule has 0 aliphatic carbocycles. The van der Waals surface area contributed by atoms with Crippen LogP contribution in [0.2, 0.25) is 5.02 Å². The molecule has 0 aliphatic rings. The van der Waals surface area contributed by atoms with Crippen LogP contribution in [0, 0.1) is 15.9 Å². The normalized spacial score (nSPS) is 10.3. The number of benzene rings is 2. The molecule has 0 saturated heterocycles. The predicted molar refractivity (Wildman–Crippen MR) is 79.5 cm³/mol. The molecular formula is C13H9BrClFN2O2. The molecule has 0 atom stereocenters. The van der Waals surface area contributed by atoms with Crippen LogP contribution in [0.5, 0.6) is 0 Å². The van der Waals surface area contributed by atoms with Crippen molar-refractivity contribution in [1.29, 1.82) is 0 Å². The molecule has 20 heavy (non-hydrogen) atoms. The Morgan fingerprint density at radius 3 is 2.75 bits per heavy atom. The maximum atomic E-state index is 13.7. The fourth-order valence-electron chi connectivity index (χ4n) is 1.69. The highest BCUT2D eigenvalue weighted by Crippen LogP contribution is 2.29. The topological polar surface area (TPSA) is 55.2 Å². The Morgan fingerprint density at radius 2 is 2.10 bits per heavy atom. The van der Waals surface area contributed by atoms with Gasteiger partial charge in [0.2, 0.25) is 0 Å². The average Bonchev–Trinajstić information content (AvgIpc) is 2.38. The fraction of sp³-hybridized carbons (Fsp3) is 0.0769. The SMILES string of the molecule is O=[N+]([O-])c1cccc(F)c1NCc1ccc(Cl)cc1Br. The summed E-state index contributed by atoms with van der Waals surface area (Å²) in [6, 6.07) is 8.88. The van der Waals surface area contributed by atoms with Crippen LogP contribution in [-0.2, 0) is 6.54 Å². The Labute approximate surface area is 127 Å². The zero-order chi connectivity index (χ0) is 14.7. The van der Waals surface area contributed by atoms with Crippen LogP contribution in [0.3, 0.4) is 0 Å². The molecule has 0 heterocycles. The Kier molecular flexibility index (Phi) is 4.57. The molecule has 4 nitrogen and oxygen atoms in total. The second kappa shape index (κ2) is 6.19. The number of nitrogens with one attached hydrogen (secondary N) is 1. The van der Waals surface area contributed by atoms with Crippen LogP contribution >= 0.6 is 27.5 Å². The highest BCUT2D eigenvalue weighted by atomic mass is 79.9. The summed E-state index contributed by atoms with van der Waals surface area (Å²) >= 11 is 9.16. The van der Waals surface area contributed by atoms with E-state index in [9.17, 15) is 14.5 Å². The first-order valence-corrected chi connectivity index (χ1v) is 6.77. The van der Waals surface area contributed by atoms with Gasteiger partial charge in [-0.15, -0.1) is 0 Å². The van der Waals surface area contributed by atoms with Crippen LogP contribution in [0.25, 0.3) is 0 Å². The van der Waals surface area contributed by atoms with E-state index >= 15 is 0 Å². The molecule has 0 bridgehead atoms. The number of hydrogen-bond acceptors (Lipinski definition) is 3. The number of para-hydroxylation sites is 1. The minimum atomic E-state index is -0.663. The van der Waals surface area contributed by atoms with E-state index < -0.39 is 10.7 Å². The molecule has 2 aromatic rings. The molecule has 0 saturated carbocycles. The fourth-order valence-corrected chi connectivity index (χ4v) is 2.51. The first-order valence-electron chi connectivity index (χ1n) is 5.59. The number of nitro benzene ring substituents is 1. The van der Waals surface area contributed by atoms with E-state index in [1.165, 1.54) is 18.2 Å². The molecule has 1 N–H and O–H groups in total. The smallest absolute Gasteiger partial charge is 0.295 e. The molecular weight excluding hydrogens is 351 g/mol. The monoisotopic (exact) mass is 358 g/mol. The molecule has 2 aromatic carbocycles. The maximum Gasteiger partial charge on any atom is 0.295 e. The minimum absolute atomic E-state index is 0.126. The number of nitro groups is 1. The summed E-state index contributed by atoms with van der Waals surface area (Å²) in [5.41, 5.74) is 0.390. The second-order valence-corrected chi connectivity index (χ2v) is 5.27. The van der Waals surface area contributed by atoms with Crippen molar-refractivity contribution in [2.45, 2.75) is 6.54 Å². The van der Waals surface area contributed by atoms with Gasteiger partial charge in [0, 0.05) is 22.1 Å². The third-order valence-corrected chi connectivity index (χ3v) is 3.63. The second-order valence-electron chi connectivity index (χ2n) is 3.98. The summed E-state index contributed by atoms with van der Waals surface area (Å²) in [5, 5.41) is 14.2. The van der Waals surface area contributed by atoms with E-state index in [-0.39, 0.29) is 17.9 Å². The summed E-state index contributed by atoms with van der Waals surface area (Å²) in [6.07, 6.45) is 0. The molecule has 0 aliphatic heterocycles. The van der Waals surface area contributed by atoms with E-state index in [0.29, 0.717) is 5.02 Å². The van der Waals surface area contributed by atoms with Crippen molar-refractivity contribution in [3.63, 3.8) is 0 Å². The van der Waals surface area contributed by atoms with Crippen LogP contribution < -0.4 is 5.32 Å². The van der Waals surface area contributed by atoms with Crippen LogP contribution in [-0.4, -0.2) is 4.92 Å². The summed E-state index contributed by atoms with van der Waals surface area (Å²) in [6.45, 7) is 0.236. The zero-order valence-corrected chi connectivity index (χ0v) is 12.4. The predicted octanol–water partition coefficient (Wildman–Crippen LogP) is 4.76. The summed E-state index contributed by atoms with van der Waals surface area (Å²) in [7, 11) is 0. The van der Waals surface area contributed by atoms with Crippen LogP contribution in [0.15, 0.2) is 40.9 Å². The van der Waals surface area contributed by atoms with Gasteiger partial charge in [0.15, 0.2) is 5.82 Å². The van der Waals surface area contributed by atoms with E-state index in [4.69, 9.17) is 11.6 Å². The molecule has 0 unspecified atom stereocenters. The van der Waals surface area contributed by atoms with Gasteiger partial charge < -0.3 is 5.32 Å². The van der Waals surface area contributed by atoms with Gasteiger partial charge in [0.1, 0.15) is 5.69 Å². The molecule has 0 fully saturated rings. The maximum absolute atomic E-state index is 13.7. The number of halogens is 3. The van der Waals surface area contributed by atoms with Gasteiger partial charge in [-0.2, -0.15) is 0 Å². The Balaban J connectivity index is 2.25. The lowest BCUT2D eigenvalue weighted by molar-refractivity contribution is -0.384. The molecule has 0 radical (unpaired) electrons. The van der Waals surface area contributed by atoms with Gasteiger partial charge in [-0.1, -0.05) is 39.7 Å². The molecule has 0 amide bonds. The molecule has 2 rings (SSSR count). The van der Waals surface area contributed by atoms with Gasteiger partial charge in [-0.25, -0.2) is 4.39 Å². The lowest BCUT2D eigenvalue weighted by Crippen LogP contribution is -2.05. The van der Waals surface area contributed by atoms with E-state index in [2.05, 4.69) is 21.2 Å². The zero-order valence-electron chi connectivity index (χ0n) is 10.1. The highest BCUT2D eigenvalue weighted by molar-refractivity contribution is 9.10.